The van der Waals surface area contributed by atoms with Crippen LogP contribution in [0.4, 0.5) is 0 Å². The van der Waals surface area contributed by atoms with Crippen molar-refractivity contribution in [3.63, 3.8) is 0 Å². The molecule has 1 saturated heterocycles. The number of rotatable bonds is 1. The van der Waals surface area contributed by atoms with Gasteiger partial charge in [0, 0.05) is 17.9 Å². The number of halogens is 1. The van der Waals surface area contributed by atoms with Gasteiger partial charge in [-0.25, -0.2) is 0 Å². The Labute approximate surface area is 104 Å². The normalized spacial score (nSPS) is 20.9. The highest BCUT2D eigenvalue weighted by Gasteiger charge is 2.23. The van der Waals surface area contributed by atoms with Gasteiger partial charge in [-0.3, -0.25) is 4.79 Å². The lowest BCUT2D eigenvalue weighted by atomic mass is 10.1. The van der Waals surface area contributed by atoms with Gasteiger partial charge in [-0.15, -0.1) is 0 Å². The number of carbonyl (C=O) groups is 1. The molecule has 1 aliphatic heterocycles. The SMILES string of the molecule is CC(=O)N1CCO[C@H](c2ccc(Br)cc2)C1. The van der Waals surface area contributed by atoms with Gasteiger partial charge in [-0.05, 0) is 17.7 Å². The number of nitrogens with zero attached hydrogens (tertiary/aromatic N) is 1. The third-order valence-corrected chi connectivity index (χ3v) is 3.28. The van der Waals surface area contributed by atoms with Crippen molar-refractivity contribution >= 4 is 21.8 Å². The monoisotopic (exact) mass is 283 g/mol. The van der Waals surface area contributed by atoms with Gasteiger partial charge in [-0.1, -0.05) is 28.1 Å². The molecule has 1 heterocycles. The second kappa shape index (κ2) is 4.97. The quantitative estimate of drug-likeness (QED) is 0.792. The summed E-state index contributed by atoms with van der Waals surface area (Å²) in [7, 11) is 0. The number of hydrogen-bond donors (Lipinski definition) is 0. The fourth-order valence-corrected chi connectivity index (χ4v) is 2.08. The van der Waals surface area contributed by atoms with Crippen LogP contribution in [0.25, 0.3) is 0 Å². The van der Waals surface area contributed by atoms with Crippen LogP contribution in [-0.4, -0.2) is 30.5 Å². The first-order valence-corrected chi connectivity index (χ1v) is 6.08. The van der Waals surface area contributed by atoms with Crippen LogP contribution >= 0.6 is 15.9 Å². The van der Waals surface area contributed by atoms with Gasteiger partial charge >= 0.3 is 0 Å². The number of morpholine rings is 1. The summed E-state index contributed by atoms with van der Waals surface area (Å²) in [6.07, 6.45) is 0.00532. The molecule has 1 aliphatic rings. The maximum Gasteiger partial charge on any atom is 0.219 e. The predicted molar refractivity (Wildman–Crippen MR) is 65.1 cm³/mol. The van der Waals surface area contributed by atoms with E-state index in [1.54, 1.807) is 6.92 Å². The van der Waals surface area contributed by atoms with E-state index in [0.717, 1.165) is 10.0 Å². The Morgan fingerprint density at radius 3 is 2.75 bits per heavy atom. The van der Waals surface area contributed by atoms with Crippen LogP contribution < -0.4 is 0 Å². The molecule has 2 rings (SSSR count). The highest BCUT2D eigenvalue weighted by atomic mass is 79.9. The maximum absolute atomic E-state index is 11.3. The molecule has 0 N–H and O–H groups in total. The molecular formula is C12H14BrNO2. The van der Waals surface area contributed by atoms with Gasteiger partial charge in [0.15, 0.2) is 0 Å². The standard InChI is InChI=1S/C12H14BrNO2/c1-9(15)14-6-7-16-12(8-14)10-2-4-11(13)5-3-10/h2-5,12H,6-8H2,1H3/t12-/m0/s1. The summed E-state index contributed by atoms with van der Waals surface area (Å²) in [5, 5.41) is 0. The van der Waals surface area contributed by atoms with E-state index in [2.05, 4.69) is 15.9 Å². The molecule has 16 heavy (non-hydrogen) atoms. The first-order chi connectivity index (χ1) is 7.66. The van der Waals surface area contributed by atoms with Gasteiger partial charge in [0.2, 0.25) is 5.91 Å². The van der Waals surface area contributed by atoms with Crippen LogP contribution in [0.5, 0.6) is 0 Å². The van der Waals surface area contributed by atoms with E-state index in [1.807, 2.05) is 29.2 Å². The molecular weight excluding hydrogens is 270 g/mol. The molecule has 1 atom stereocenters. The van der Waals surface area contributed by atoms with Gasteiger partial charge in [-0.2, -0.15) is 0 Å². The third kappa shape index (κ3) is 2.62. The number of carbonyl (C=O) groups excluding carboxylic acids is 1. The minimum absolute atomic E-state index is 0.00532. The summed E-state index contributed by atoms with van der Waals surface area (Å²) >= 11 is 3.40. The molecule has 1 amide bonds. The van der Waals surface area contributed by atoms with Crippen LogP contribution in [-0.2, 0) is 9.53 Å². The average molecular weight is 284 g/mol. The van der Waals surface area contributed by atoms with Gasteiger partial charge < -0.3 is 9.64 Å². The Hall–Kier alpha value is -0.870. The molecule has 1 aromatic carbocycles. The summed E-state index contributed by atoms with van der Waals surface area (Å²) < 4.78 is 6.73. The zero-order valence-corrected chi connectivity index (χ0v) is 10.7. The lowest BCUT2D eigenvalue weighted by molar-refractivity contribution is -0.136. The van der Waals surface area contributed by atoms with E-state index >= 15 is 0 Å². The predicted octanol–water partition coefficient (Wildman–Crippen LogP) is 2.37. The maximum atomic E-state index is 11.3. The van der Waals surface area contributed by atoms with Crippen molar-refractivity contribution in [3.8, 4) is 0 Å². The second-order valence-corrected chi connectivity index (χ2v) is 4.79. The minimum atomic E-state index is 0.00532. The zero-order valence-electron chi connectivity index (χ0n) is 9.15. The molecule has 0 radical (unpaired) electrons. The highest BCUT2D eigenvalue weighted by molar-refractivity contribution is 9.10. The van der Waals surface area contributed by atoms with Gasteiger partial charge in [0.1, 0.15) is 6.10 Å². The van der Waals surface area contributed by atoms with Gasteiger partial charge in [0.25, 0.3) is 0 Å². The molecule has 1 fully saturated rings. The van der Waals surface area contributed by atoms with Crippen molar-refractivity contribution in [1.29, 1.82) is 0 Å². The Morgan fingerprint density at radius 2 is 2.12 bits per heavy atom. The van der Waals surface area contributed by atoms with Crippen molar-refractivity contribution in [3.05, 3.63) is 34.3 Å². The first kappa shape index (κ1) is 11.6. The zero-order chi connectivity index (χ0) is 11.5. The second-order valence-electron chi connectivity index (χ2n) is 3.88. The fourth-order valence-electron chi connectivity index (χ4n) is 1.81. The first-order valence-electron chi connectivity index (χ1n) is 5.29. The van der Waals surface area contributed by atoms with Crippen LogP contribution in [0.1, 0.15) is 18.6 Å². The Morgan fingerprint density at radius 1 is 1.44 bits per heavy atom. The smallest absolute Gasteiger partial charge is 0.219 e. The van der Waals surface area contributed by atoms with E-state index in [1.165, 1.54) is 0 Å². The van der Waals surface area contributed by atoms with E-state index in [9.17, 15) is 4.79 Å². The fraction of sp³-hybridized carbons (Fsp3) is 0.417. The van der Waals surface area contributed by atoms with Crippen molar-refractivity contribution in [2.75, 3.05) is 19.7 Å². The van der Waals surface area contributed by atoms with Crippen LogP contribution in [0, 0.1) is 0 Å². The summed E-state index contributed by atoms with van der Waals surface area (Å²) in [5.74, 6) is 0.116. The van der Waals surface area contributed by atoms with Crippen molar-refractivity contribution in [1.82, 2.24) is 4.90 Å². The number of benzene rings is 1. The van der Waals surface area contributed by atoms with E-state index in [4.69, 9.17) is 4.74 Å². The topological polar surface area (TPSA) is 29.5 Å². The Balaban J connectivity index is 2.09. The number of amides is 1. The third-order valence-electron chi connectivity index (χ3n) is 2.75. The Bertz CT molecular complexity index is 377. The average Bonchev–Trinajstić information content (AvgIpc) is 2.30. The largest absolute Gasteiger partial charge is 0.370 e. The summed E-state index contributed by atoms with van der Waals surface area (Å²) in [5.41, 5.74) is 1.12. The lowest BCUT2D eigenvalue weighted by Gasteiger charge is -2.32. The molecule has 0 aromatic heterocycles. The molecule has 0 aliphatic carbocycles. The molecule has 0 unspecified atom stereocenters. The molecule has 1 aromatic rings. The Kier molecular flexibility index (Phi) is 3.61. The van der Waals surface area contributed by atoms with E-state index < -0.39 is 0 Å². The van der Waals surface area contributed by atoms with Crippen molar-refractivity contribution in [2.45, 2.75) is 13.0 Å². The molecule has 0 saturated carbocycles. The summed E-state index contributed by atoms with van der Waals surface area (Å²) in [6.45, 7) is 3.56. The summed E-state index contributed by atoms with van der Waals surface area (Å²) in [6, 6.07) is 8.04. The van der Waals surface area contributed by atoms with E-state index in [-0.39, 0.29) is 12.0 Å². The van der Waals surface area contributed by atoms with Crippen LogP contribution in [0.2, 0.25) is 0 Å². The van der Waals surface area contributed by atoms with Crippen molar-refractivity contribution < 1.29 is 9.53 Å². The minimum Gasteiger partial charge on any atom is -0.370 e. The number of hydrogen-bond acceptors (Lipinski definition) is 2. The molecule has 0 bridgehead atoms. The summed E-state index contributed by atoms with van der Waals surface area (Å²) in [4.78, 5) is 13.1. The van der Waals surface area contributed by atoms with Gasteiger partial charge in [0.05, 0.1) is 13.2 Å². The van der Waals surface area contributed by atoms with Crippen LogP contribution in [0.3, 0.4) is 0 Å². The van der Waals surface area contributed by atoms with Crippen LogP contribution in [0.15, 0.2) is 28.7 Å². The lowest BCUT2D eigenvalue weighted by Crippen LogP contribution is -2.41. The number of ether oxygens (including phenoxy) is 1. The highest BCUT2D eigenvalue weighted by Crippen LogP contribution is 2.23. The molecule has 86 valence electrons. The molecule has 0 spiro atoms. The molecule has 3 nitrogen and oxygen atoms in total. The van der Waals surface area contributed by atoms with Crippen molar-refractivity contribution in [2.24, 2.45) is 0 Å². The molecule has 4 heteroatoms. The van der Waals surface area contributed by atoms with E-state index in [0.29, 0.717) is 19.7 Å².